The fraction of sp³-hybridized carbons (Fsp3) is 0.222. The third-order valence-electron chi connectivity index (χ3n) is 3.89. The number of pyridine rings is 1. The molecule has 7 nitrogen and oxygen atoms in total. The topological polar surface area (TPSA) is 89.8 Å². The van der Waals surface area contributed by atoms with E-state index >= 15 is 0 Å². The van der Waals surface area contributed by atoms with E-state index in [0.29, 0.717) is 21.9 Å². The van der Waals surface area contributed by atoms with E-state index in [0.717, 1.165) is 0 Å². The predicted octanol–water partition coefficient (Wildman–Crippen LogP) is 2.95. The lowest BCUT2D eigenvalue weighted by molar-refractivity contribution is 0.0467. The van der Waals surface area contributed by atoms with Crippen molar-refractivity contribution in [2.45, 2.75) is 25.3 Å². The number of carbonyl (C=O) groups excluding carboxylic acids is 1. The highest BCUT2D eigenvalue weighted by Crippen LogP contribution is 2.18. The van der Waals surface area contributed by atoms with E-state index in [1.807, 2.05) is 0 Å². The quantitative estimate of drug-likeness (QED) is 0.634. The van der Waals surface area contributed by atoms with Crippen LogP contribution in [0.25, 0.3) is 5.65 Å². The van der Waals surface area contributed by atoms with Gasteiger partial charge in [-0.05, 0) is 36.8 Å². The SMILES string of the molecule is CCNS(=O)(=O)c1ccc(C)c(C(=O)OCc2cn3cc(Cl)ccc3n2)c1. The molecule has 0 aliphatic carbocycles. The number of carbonyl (C=O) groups is 1. The Morgan fingerprint density at radius 1 is 1.26 bits per heavy atom. The van der Waals surface area contributed by atoms with Gasteiger partial charge in [0.05, 0.1) is 21.2 Å². The lowest BCUT2D eigenvalue weighted by Crippen LogP contribution is -2.23. The molecule has 0 bridgehead atoms. The third kappa shape index (κ3) is 4.29. The monoisotopic (exact) mass is 407 g/mol. The van der Waals surface area contributed by atoms with Crippen LogP contribution in [0.1, 0.15) is 28.5 Å². The summed E-state index contributed by atoms with van der Waals surface area (Å²) in [7, 11) is -3.66. The van der Waals surface area contributed by atoms with E-state index in [1.165, 1.54) is 12.1 Å². The molecule has 27 heavy (non-hydrogen) atoms. The largest absolute Gasteiger partial charge is 0.456 e. The van der Waals surface area contributed by atoms with Crippen molar-refractivity contribution in [1.82, 2.24) is 14.1 Å². The highest BCUT2D eigenvalue weighted by Gasteiger charge is 2.18. The maximum Gasteiger partial charge on any atom is 0.338 e. The number of imidazole rings is 1. The lowest BCUT2D eigenvalue weighted by Gasteiger charge is -2.09. The molecule has 9 heteroatoms. The zero-order valence-corrected chi connectivity index (χ0v) is 16.3. The van der Waals surface area contributed by atoms with Gasteiger partial charge in [0.1, 0.15) is 12.3 Å². The van der Waals surface area contributed by atoms with Crippen LogP contribution in [0.15, 0.2) is 47.6 Å². The first-order chi connectivity index (χ1) is 12.8. The second-order valence-corrected chi connectivity index (χ2v) is 8.10. The number of nitrogens with one attached hydrogen (secondary N) is 1. The number of benzene rings is 1. The van der Waals surface area contributed by atoms with Crippen LogP contribution in [0, 0.1) is 6.92 Å². The molecule has 3 aromatic rings. The van der Waals surface area contributed by atoms with Gasteiger partial charge in [0.25, 0.3) is 0 Å². The number of fused-ring (bicyclic) bond motifs is 1. The smallest absolute Gasteiger partial charge is 0.338 e. The first kappa shape index (κ1) is 19.3. The molecule has 0 saturated carbocycles. The number of nitrogens with zero attached hydrogens (tertiary/aromatic N) is 2. The Morgan fingerprint density at radius 2 is 2.04 bits per heavy atom. The van der Waals surface area contributed by atoms with Gasteiger partial charge >= 0.3 is 5.97 Å². The molecule has 2 aromatic heterocycles. The number of ether oxygens (including phenoxy) is 1. The fourth-order valence-electron chi connectivity index (χ4n) is 2.57. The summed E-state index contributed by atoms with van der Waals surface area (Å²) in [6, 6.07) is 7.83. The number of sulfonamides is 1. The summed E-state index contributed by atoms with van der Waals surface area (Å²) in [6.07, 6.45) is 3.42. The molecule has 2 heterocycles. The Hall–Kier alpha value is -2.42. The van der Waals surface area contributed by atoms with Gasteiger partial charge in [-0.25, -0.2) is 22.9 Å². The van der Waals surface area contributed by atoms with Gasteiger partial charge in [-0.3, -0.25) is 0 Å². The molecule has 0 fully saturated rings. The lowest BCUT2D eigenvalue weighted by atomic mass is 10.1. The van der Waals surface area contributed by atoms with Gasteiger partial charge in [0.15, 0.2) is 0 Å². The second-order valence-electron chi connectivity index (χ2n) is 5.90. The maximum atomic E-state index is 12.5. The van der Waals surface area contributed by atoms with E-state index in [1.54, 1.807) is 48.8 Å². The summed E-state index contributed by atoms with van der Waals surface area (Å²) in [5, 5.41) is 0.567. The minimum absolute atomic E-state index is 0.0178. The molecule has 0 radical (unpaired) electrons. The van der Waals surface area contributed by atoms with Gasteiger partial charge in [0.2, 0.25) is 10.0 Å². The molecule has 0 amide bonds. The molecule has 0 spiro atoms. The first-order valence-electron chi connectivity index (χ1n) is 8.20. The molecule has 0 saturated heterocycles. The first-order valence-corrected chi connectivity index (χ1v) is 10.1. The van der Waals surface area contributed by atoms with Crippen LogP contribution in [0.3, 0.4) is 0 Å². The van der Waals surface area contributed by atoms with E-state index < -0.39 is 16.0 Å². The predicted molar refractivity (Wildman–Crippen MR) is 101 cm³/mol. The standard InChI is InChI=1S/C18H18ClN3O4S/c1-3-20-27(24,25)15-6-4-12(2)16(8-15)18(23)26-11-14-10-22-9-13(19)5-7-17(22)21-14/h4-10,20H,3,11H2,1-2H3. The number of esters is 1. The van der Waals surface area contributed by atoms with Crippen LogP contribution in [0.5, 0.6) is 0 Å². The van der Waals surface area contributed by atoms with Gasteiger partial charge < -0.3 is 9.14 Å². The molecule has 0 atom stereocenters. The number of rotatable bonds is 6. The number of aryl methyl sites for hydroxylation is 1. The van der Waals surface area contributed by atoms with Crippen LogP contribution < -0.4 is 4.72 Å². The zero-order valence-electron chi connectivity index (χ0n) is 14.8. The average Bonchev–Trinajstić information content (AvgIpc) is 3.01. The Bertz CT molecular complexity index is 1110. The molecule has 1 N–H and O–H groups in total. The van der Waals surface area contributed by atoms with Crippen molar-refractivity contribution in [1.29, 1.82) is 0 Å². The average molecular weight is 408 g/mol. The van der Waals surface area contributed by atoms with Crippen molar-refractivity contribution < 1.29 is 17.9 Å². The second kappa shape index (κ2) is 7.67. The number of hydrogen-bond acceptors (Lipinski definition) is 5. The van der Waals surface area contributed by atoms with Crippen LogP contribution >= 0.6 is 11.6 Å². The number of aromatic nitrogens is 2. The van der Waals surface area contributed by atoms with Gasteiger partial charge in [-0.1, -0.05) is 24.6 Å². The van der Waals surface area contributed by atoms with Crippen molar-refractivity contribution in [3.63, 3.8) is 0 Å². The molecule has 0 unspecified atom stereocenters. The minimum Gasteiger partial charge on any atom is -0.456 e. The van der Waals surface area contributed by atoms with Gasteiger partial charge in [-0.2, -0.15) is 0 Å². The third-order valence-corrected chi connectivity index (χ3v) is 5.66. The molecule has 0 aliphatic heterocycles. The Kier molecular flexibility index (Phi) is 5.50. The summed E-state index contributed by atoms with van der Waals surface area (Å²) < 4.78 is 33.7. The van der Waals surface area contributed by atoms with Crippen LogP contribution in [0.2, 0.25) is 5.02 Å². The van der Waals surface area contributed by atoms with Crippen molar-refractivity contribution in [2.75, 3.05) is 6.54 Å². The number of hydrogen-bond donors (Lipinski definition) is 1. The Balaban J connectivity index is 1.79. The van der Waals surface area contributed by atoms with Crippen molar-refractivity contribution >= 4 is 33.2 Å². The summed E-state index contributed by atoms with van der Waals surface area (Å²) in [4.78, 5) is 16.8. The van der Waals surface area contributed by atoms with E-state index in [2.05, 4.69) is 9.71 Å². The normalized spacial score (nSPS) is 11.7. The molecule has 1 aromatic carbocycles. The molecule has 0 aliphatic rings. The van der Waals surface area contributed by atoms with Crippen LogP contribution in [0.4, 0.5) is 0 Å². The molecular weight excluding hydrogens is 390 g/mol. The fourth-order valence-corrected chi connectivity index (χ4v) is 3.80. The Labute approximate surface area is 162 Å². The van der Waals surface area contributed by atoms with Gasteiger partial charge in [-0.15, -0.1) is 0 Å². The summed E-state index contributed by atoms with van der Waals surface area (Å²) in [5.41, 5.74) is 2.05. The zero-order chi connectivity index (χ0) is 19.6. The summed E-state index contributed by atoms with van der Waals surface area (Å²) in [6.45, 7) is 3.62. The van der Waals surface area contributed by atoms with Crippen molar-refractivity contribution in [2.24, 2.45) is 0 Å². The summed E-state index contributed by atoms with van der Waals surface area (Å²) in [5.74, 6) is -0.615. The number of halogens is 1. The molecular formula is C18H18ClN3O4S. The maximum absolute atomic E-state index is 12.5. The van der Waals surface area contributed by atoms with Gasteiger partial charge in [0, 0.05) is 18.9 Å². The minimum atomic E-state index is -3.66. The van der Waals surface area contributed by atoms with E-state index in [-0.39, 0.29) is 23.6 Å². The van der Waals surface area contributed by atoms with E-state index in [4.69, 9.17) is 16.3 Å². The van der Waals surface area contributed by atoms with Crippen molar-refractivity contribution in [3.05, 3.63) is 64.6 Å². The molecule has 142 valence electrons. The highest BCUT2D eigenvalue weighted by atomic mass is 35.5. The Morgan fingerprint density at radius 3 is 2.78 bits per heavy atom. The molecule has 3 rings (SSSR count). The van der Waals surface area contributed by atoms with E-state index in [9.17, 15) is 13.2 Å². The van der Waals surface area contributed by atoms with Crippen LogP contribution in [-0.2, 0) is 21.4 Å². The highest BCUT2D eigenvalue weighted by molar-refractivity contribution is 7.89. The van der Waals surface area contributed by atoms with Crippen molar-refractivity contribution in [3.8, 4) is 0 Å². The van der Waals surface area contributed by atoms with Crippen LogP contribution in [-0.4, -0.2) is 30.3 Å². The summed E-state index contributed by atoms with van der Waals surface area (Å²) >= 11 is 5.94.